The van der Waals surface area contributed by atoms with Crippen molar-refractivity contribution in [1.29, 1.82) is 0 Å². The summed E-state index contributed by atoms with van der Waals surface area (Å²) in [4.78, 5) is 0. The van der Waals surface area contributed by atoms with Crippen LogP contribution in [-0.4, -0.2) is 10.7 Å². The van der Waals surface area contributed by atoms with Crippen molar-refractivity contribution in [3.8, 4) is 5.75 Å². The largest absolute Gasteiger partial charge is 0.505 e. The van der Waals surface area contributed by atoms with E-state index in [0.717, 1.165) is 12.1 Å². The highest BCUT2D eigenvalue weighted by Crippen LogP contribution is 2.40. The Balaban J connectivity index is 2.60. The van der Waals surface area contributed by atoms with Gasteiger partial charge in [0.1, 0.15) is 17.1 Å². The second-order valence-corrected chi connectivity index (χ2v) is 4.58. The second-order valence-electron chi connectivity index (χ2n) is 4.58. The maximum Gasteiger partial charge on any atom is 0.416 e. The van der Waals surface area contributed by atoms with Crippen LogP contribution in [0.25, 0.3) is 5.76 Å². The smallest absolute Gasteiger partial charge is 0.416 e. The van der Waals surface area contributed by atoms with Crippen molar-refractivity contribution < 1.29 is 23.0 Å². The average Bonchev–Trinajstić information content (AvgIpc) is 2.24. The molecule has 0 amide bonds. The summed E-state index contributed by atoms with van der Waals surface area (Å²) >= 11 is 0. The predicted molar refractivity (Wildman–Crippen MR) is 59.9 cm³/mol. The number of aliphatic hydroxyl groups is 1. The number of aliphatic hydroxyl groups excluding tert-OH is 1. The van der Waals surface area contributed by atoms with E-state index < -0.39 is 17.3 Å². The number of hydrogen-bond acceptors (Lipinski definition) is 3. The van der Waals surface area contributed by atoms with Crippen molar-refractivity contribution >= 4 is 5.76 Å². The van der Waals surface area contributed by atoms with E-state index in [1.165, 1.54) is 6.07 Å². The van der Waals surface area contributed by atoms with Crippen LogP contribution < -0.4 is 10.5 Å². The first kappa shape index (κ1) is 12.6. The lowest BCUT2D eigenvalue weighted by molar-refractivity contribution is -0.137. The molecule has 0 saturated carbocycles. The molecule has 18 heavy (non-hydrogen) atoms. The monoisotopic (exact) mass is 259 g/mol. The van der Waals surface area contributed by atoms with Gasteiger partial charge in [0, 0.05) is 0 Å². The number of rotatable bonds is 0. The first-order chi connectivity index (χ1) is 8.13. The fraction of sp³-hybridized carbons (Fsp3) is 0.333. The Labute approximate surface area is 102 Å². The van der Waals surface area contributed by atoms with E-state index in [2.05, 4.69) is 0 Å². The van der Waals surface area contributed by atoms with Gasteiger partial charge in [-0.3, -0.25) is 0 Å². The van der Waals surface area contributed by atoms with Gasteiger partial charge in [0.25, 0.3) is 0 Å². The summed E-state index contributed by atoms with van der Waals surface area (Å²) in [5.74, 6) is -0.188. The Hall–Kier alpha value is -1.85. The van der Waals surface area contributed by atoms with E-state index in [0.29, 0.717) is 0 Å². The Bertz CT molecular complexity index is 533. The quantitative estimate of drug-likeness (QED) is 0.752. The molecule has 0 aliphatic carbocycles. The lowest BCUT2D eigenvalue weighted by Crippen LogP contribution is -2.38. The van der Waals surface area contributed by atoms with Gasteiger partial charge in [-0.2, -0.15) is 13.2 Å². The lowest BCUT2D eigenvalue weighted by atomic mass is 9.95. The molecule has 0 atom stereocenters. The van der Waals surface area contributed by atoms with Gasteiger partial charge in [0.15, 0.2) is 0 Å². The first-order valence-corrected chi connectivity index (χ1v) is 5.23. The zero-order valence-corrected chi connectivity index (χ0v) is 9.80. The zero-order chi connectivity index (χ0) is 13.7. The average molecular weight is 259 g/mol. The van der Waals surface area contributed by atoms with E-state index in [1.54, 1.807) is 13.8 Å². The third-order valence-electron chi connectivity index (χ3n) is 2.83. The fourth-order valence-corrected chi connectivity index (χ4v) is 1.74. The second kappa shape index (κ2) is 3.57. The van der Waals surface area contributed by atoms with Crippen molar-refractivity contribution in [3.05, 3.63) is 35.0 Å². The molecule has 0 fully saturated rings. The third-order valence-corrected chi connectivity index (χ3v) is 2.83. The molecule has 1 aromatic carbocycles. The minimum atomic E-state index is -4.48. The Morgan fingerprint density at radius 3 is 2.44 bits per heavy atom. The number of halogens is 3. The van der Waals surface area contributed by atoms with E-state index in [1.807, 2.05) is 0 Å². The van der Waals surface area contributed by atoms with Crippen LogP contribution in [0.5, 0.6) is 5.75 Å². The normalized spacial score (nSPS) is 18.3. The molecule has 2 rings (SSSR count). The van der Waals surface area contributed by atoms with Gasteiger partial charge in [-0.05, 0) is 32.0 Å². The molecule has 0 aromatic heterocycles. The molecule has 0 unspecified atom stereocenters. The summed E-state index contributed by atoms with van der Waals surface area (Å²) in [6, 6.07) is 2.92. The predicted octanol–water partition coefficient (Wildman–Crippen LogP) is 3.06. The molecule has 3 N–H and O–H groups in total. The van der Waals surface area contributed by atoms with Gasteiger partial charge in [-0.15, -0.1) is 0 Å². The van der Waals surface area contributed by atoms with Crippen LogP contribution in [0.4, 0.5) is 13.2 Å². The molecular weight excluding hydrogens is 247 g/mol. The Kier molecular flexibility index (Phi) is 2.50. The van der Waals surface area contributed by atoms with Crippen LogP contribution in [0.1, 0.15) is 25.0 Å². The highest BCUT2D eigenvalue weighted by molar-refractivity contribution is 5.71. The Morgan fingerprint density at radius 1 is 1.28 bits per heavy atom. The summed E-state index contributed by atoms with van der Waals surface area (Å²) in [5, 5.41) is 9.86. The molecule has 1 heterocycles. The highest BCUT2D eigenvalue weighted by Gasteiger charge is 2.36. The van der Waals surface area contributed by atoms with Gasteiger partial charge in [-0.1, -0.05) is 0 Å². The van der Waals surface area contributed by atoms with Crippen LogP contribution in [0, 0.1) is 0 Å². The lowest BCUT2D eigenvalue weighted by Gasteiger charge is -2.33. The third kappa shape index (κ3) is 1.87. The van der Waals surface area contributed by atoms with E-state index in [9.17, 15) is 18.3 Å². The minimum Gasteiger partial charge on any atom is -0.505 e. The van der Waals surface area contributed by atoms with Crippen molar-refractivity contribution in [2.24, 2.45) is 5.73 Å². The topological polar surface area (TPSA) is 55.5 Å². The van der Waals surface area contributed by atoms with Crippen LogP contribution in [0.3, 0.4) is 0 Å². The SMILES string of the molecule is CC1(C)Oc2ccc(C(F)(F)F)cc2C(O)=C1N. The highest BCUT2D eigenvalue weighted by atomic mass is 19.4. The van der Waals surface area contributed by atoms with Crippen LogP contribution >= 0.6 is 0 Å². The van der Waals surface area contributed by atoms with Crippen LogP contribution in [0.15, 0.2) is 23.9 Å². The molecule has 98 valence electrons. The molecule has 3 nitrogen and oxygen atoms in total. The molecule has 0 bridgehead atoms. The number of benzene rings is 1. The number of ether oxygens (including phenoxy) is 1. The molecule has 0 spiro atoms. The molecule has 6 heteroatoms. The number of fused-ring (bicyclic) bond motifs is 1. The van der Waals surface area contributed by atoms with E-state index in [4.69, 9.17) is 10.5 Å². The Morgan fingerprint density at radius 2 is 1.89 bits per heavy atom. The van der Waals surface area contributed by atoms with Gasteiger partial charge in [0.2, 0.25) is 0 Å². The fourth-order valence-electron chi connectivity index (χ4n) is 1.74. The molecule has 1 aliphatic heterocycles. The van der Waals surface area contributed by atoms with Gasteiger partial charge < -0.3 is 15.6 Å². The zero-order valence-electron chi connectivity index (χ0n) is 9.80. The first-order valence-electron chi connectivity index (χ1n) is 5.23. The molecule has 0 saturated heterocycles. The van der Waals surface area contributed by atoms with Crippen molar-refractivity contribution in [2.75, 3.05) is 0 Å². The van der Waals surface area contributed by atoms with Crippen molar-refractivity contribution in [1.82, 2.24) is 0 Å². The summed E-state index contributed by atoms with van der Waals surface area (Å²) < 4.78 is 43.2. The molecule has 0 radical (unpaired) electrons. The van der Waals surface area contributed by atoms with Gasteiger partial charge in [0.05, 0.1) is 16.8 Å². The molecule has 1 aromatic rings. The van der Waals surface area contributed by atoms with Crippen molar-refractivity contribution in [2.45, 2.75) is 25.6 Å². The maximum absolute atomic E-state index is 12.6. The van der Waals surface area contributed by atoms with E-state index in [-0.39, 0.29) is 22.8 Å². The molecular formula is C12H12F3NO2. The standard InChI is InChI=1S/C12H12F3NO2/c1-11(2)10(16)9(17)7-5-6(12(13,14)15)3-4-8(7)18-11/h3-5,17H,16H2,1-2H3. The van der Waals surface area contributed by atoms with Gasteiger partial charge in [-0.25, -0.2) is 0 Å². The molecule has 1 aliphatic rings. The van der Waals surface area contributed by atoms with Crippen molar-refractivity contribution in [3.63, 3.8) is 0 Å². The summed E-state index contributed by atoms with van der Waals surface area (Å²) in [6.45, 7) is 3.25. The number of alkyl halides is 3. The summed E-state index contributed by atoms with van der Waals surface area (Å²) in [7, 11) is 0. The summed E-state index contributed by atoms with van der Waals surface area (Å²) in [6.07, 6.45) is -4.48. The van der Waals surface area contributed by atoms with Gasteiger partial charge >= 0.3 is 6.18 Å². The van der Waals surface area contributed by atoms with Crippen LogP contribution in [-0.2, 0) is 6.18 Å². The summed E-state index contributed by atoms with van der Waals surface area (Å²) in [5.41, 5.74) is 3.82. The number of hydrogen-bond donors (Lipinski definition) is 2. The van der Waals surface area contributed by atoms with E-state index >= 15 is 0 Å². The minimum absolute atomic E-state index is 0.00863. The maximum atomic E-state index is 12.6. The number of nitrogens with two attached hydrogens (primary N) is 1. The van der Waals surface area contributed by atoms with Crippen LogP contribution in [0.2, 0.25) is 0 Å².